The number of carbonyl (C=O) groups is 2. The topological polar surface area (TPSA) is 87.9 Å². The molecular formula is C24H23N5O3. The van der Waals surface area contributed by atoms with Crippen molar-refractivity contribution in [1.29, 1.82) is 0 Å². The molecule has 1 saturated carbocycles. The van der Waals surface area contributed by atoms with E-state index in [1.54, 1.807) is 4.90 Å². The molecule has 6 rings (SSSR count). The van der Waals surface area contributed by atoms with Crippen molar-refractivity contribution in [2.45, 2.75) is 31.0 Å². The van der Waals surface area contributed by atoms with Gasteiger partial charge in [0, 0.05) is 31.8 Å². The van der Waals surface area contributed by atoms with Gasteiger partial charge in [-0.05, 0) is 35.7 Å². The number of nitrogens with one attached hydrogen (secondary N) is 2. The maximum absolute atomic E-state index is 12.4. The zero-order valence-corrected chi connectivity index (χ0v) is 17.7. The Balaban J connectivity index is 1.24. The number of piperidine rings is 1. The predicted molar refractivity (Wildman–Crippen MR) is 117 cm³/mol. The summed E-state index contributed by atoms with van der Waals surface area (Å²) in [4.78, 5) is 34.1. The quantitative estimate of drug-likeness (QED) is 0.727. The van der Waals surface area contributed by atoms with E-state index in [4.69, 9.17) is 16.3 Å². The van der Waals surface area contributed by atoms with Crippen molar-refractivity contribution < 1.29 is 14.3 Å². The largest absolute Gasteiger partial charge is 0.442 e. The Hall–Kier alpha value is -3.44. The number of anilines is 1. The normalized spacial score (nSPS) is 31.4. The summed E-state index contributed by atoms with van der Waals surface area (Å²) >= 11 is 0. The van der Waals surface area contributed by atoms with Gasteiger partial charge in [-0.3, -0.25) is 14.7 Å². The lowest BCUT2D eigenvalue weighted by atomic mass is 9.99. The van der Waals surface area contributed by atoms with Gasteiger partial charge < -0.3 is 20.2 Å². The number of hydrogen-bond acceptors (Lipinski definition) is 5. The number of amides is 2. The third-order valence-corrected chi connectivity index (χ3v) is 7.46. The highest BCUT2D eigenvalue weighted by Gasteiger charge is 2.76. The van der Waals surface area contributed by atoms with Crippen molar-refractivity contribution in [3.63, 3.8) is 0 Å². The van der Waals surface area contributed by atoms with Crippen molar-refractivity contribution >= 4 is 17.7 Å². The minimum atomic E-state index is -0.449. The molecule has 0 spiro atoms. The average Bonchev–Trinajstić information content (AvgIpc) is 3.20. The SMILES string of the molecule is [C-]#[N+]C1(c2ccc(-c3ccc4c(c3)C[C@H]3[C@H](CNC(C)=O)OC(=O)N43)cn2)[C@@H]2CNC[C@@H]21. The third kappa shape index (κ3) is 2.61. The molecule has 162 valence electrons. The molecule has 0 radical (unpaired) electrons. The van der Waals surface area contributed by atoms with Crippen LogP contribution in [0.15, 0.2) is 36.5 Å². The summed E-state index contributed by atoms with van der Waals surface area (Å²) in [5.41, 5.74) is 4.40. The first-order valence-electron chi connectivity index (χ1n) is 11.0. The van der Waals surface area contributed by atoms with E-state index in [1.807, 2.05) is 30.5 Å². The molecule has 3 aliphatic heterocycles. The molecule has 5 atom stereocenters. The maximum Gasteiger partial charge on any atom is 0.415 e. The van der Waals surface area contributed by atoms with E-state index < -0.39 is 5.54 Å². The molecule has 32 heavy (non-hydrogen) atoms. The number of cyclic esters (lactones) is 1. The first-order valence-corrected chi connectivity index (χ1v) is 11.0. The summed E-state index contributed by atoms with van der Waals surface area (Å²) in [5.74, 6) is 0.605. The van der Waals surface area contributed by atoms with Crippen LogP contribution in [0, 0.1) is 18.4 Å². The monoisotopic (exact) mass is 429 g/mol. The molecule has 4 aliphatic rings. The summed E-state index contributed by atoms with van der Waals surface area (Å²) in [6.07, 6.45) is 1.81. The molecule has 1 aliphatic carbocycles. The van der Waals surface area contributed by atoms with Crippen LogP contribution in [0.5, 0.6) is 0 Å². The summed E-state index contributed by atoms with van der Waals surface area (Å²) in [7, 11) is 0. The lowest BCUT2D eigenvalue weighted by Gasteiger charge is -2.16. The molecule has 8 nitrogen and oxygen atoms in total. The minimum absolute atomic E-state index is 0.110. The zero-order valence-electron chi connectivity index (χ0n) is 17.7. The fourth-order valence-electron chi connectivity index (χ4n) is 5.79. The Bertz CT molecular complexity index is 1160. The van der Waals surface area contributed by atoms with Gasteiger partial charge in [-0.1, -0.05) is 12.1 Å². The number of carbonyl (C=O) groups excluding carboxylic acids is 2. The third-order valence-electron chi connectivity index (χ3n) is 7.46. The number of ether oxygens (including phenoxy) is 1. The van der Waals surface area contributed by atoms with Crippen molar-refractivity contribution in [2.24, 2.45) is 11.8 Å². The second kappa shape index (κ2) is 6.78. The van der Waals surface area contributed by atoms with Crippen LogP contribution in [-0.4, -0.2) is 48.8 Å². The average molecular weight is 429 g/mol. The van der Waals surface area contributed by atoms with Gasteiger partial charge in [0.05, 0.1) is 30.1 Å². The van der Waals surface area contributed by atoms with Gasteiger partial charge in [0.25, 0.3) is 5.54 Å². The number of rotatable bonds is 4. The Morgan fingerprint density at radius 3 is 2.78 bits per heavy atom. The number of hydrogen-bond donors (Lipinski definition) is 2. The van der Waals surface area contributed by atoms with Crippen LogP contribution in [0.25, 0.3) is 16.0 Å². The van der Waals surface area contributed by atoms with Gasteiger partial charge >= 0.3 is 6.09 Å². The van der Waals surface area contributed by atoms with E-state index in [1.165, 1.54) is 6.92 Å². The van der Waals surface area contributed by atoms with Crippen LogP contribution in [0.1, 0.15) is 18.2 Å². The predicted octanol–water partition coefficient (Wildman–Crippen LogP) is 2.10. The molecule has 8 heteroatoms. The fourth-order valence-corrected chi connectivity index (χ4v) is 5.79. The minimum Gasteiger partial charge on any atom is -0.442 e. The van der Waals surface area contributed by atoms with E-state index in [0.717, 1.165) is 41.2 Å². The highest BCUT2D eigenvalue weighted by atomic mass is 16.6. The molecule has 1 aromatic carbocycles. The highest BCUT2D eigenvalue weighted by molar-refractivity contribution is 5.94. The van der Waals surface area contributed by atoms with Gasteiger partial charge in [0.1, 0.15) is 11.8 Å². The van der Waals surface area contributed by atoms with E-state index in [0.29, 0.717) is 24.8 Å². The molecule has 2 N–H and O–H groups in total. The molecular weight excluding hydrogens is 406 g/mol. The van der Waals surface area contributed by atoms with Crippen LogP contribution in [0.4, 0.5) is 10.5 Å². The summed E-state index contributed by atoms with van der Waals surface area (Å²) in [6, 6.07) is 9.99. The molecule has 4 heterocycles. The Labute approximate surface area is 185 Å². The van der Waals surface area contributed by atoms with Gasteiger partial charge in [-0.15, -0.1) is 0 Å². The molecule has 1 unspecified atom stereocenters. The van der Waals surface area contributed by atoms with Crippen LogP contribution >= 0.6 is 0 Å². The van der Waals surface area contributed by atoms with Crippen molar-refractivity contribution in [1.82, 2.24) is 15.6 Å². The van der Waals surface area contributed by atoms with E-state index in [-0.39, 0.29) is 24.1 Å². The number of pyridine rings is 1. The fraction of sp³-hybridized carbons (Fsp3) is 0.417. The summed E-state index contributed by atoms with van der Waals surface area (Å²) < 4.78 is 5.48. The van der Waals surface area contributed by atoms with Gasteiger partial charge in [-0.25, -0.2) is 11.4 Å². The van der Waals surface area contributed by atoms with Crippen molar-refractivity contribution in [3.05, 3.63) is 59.2 Å². The Morgan fingerprint density at radius 1 is 1.31 bits per heavy atom. The van der Waals surface area contributed by atoms with Crippen LogP contribution in [0.3, 0.4) is 0 Å². The van der Waals surface area contributed by atoms with E-state index in [9.17, 15) is 9.59 Å². The number of nitrogens with zero attached hydrogens (tertiary/aromatic N) is 3. The van der Waals surface area contributed by atoms with Gasteiger partial charge in [0.15, 0.2) is 0 Å². The summed E-state index contributed by atoms with van der Waals surface area (Å²) in [5, 5.41) is 6.10. The Morgan fingerprint density at radius 2 is 2.09 bits per heavy atom. The van der Waals surface area contributed by atoms with Crippen LogP contribution in [0.2, 0.25) is 0 Å². The molecule has 2 amide bonds. The first kappa shape index (κ1) is 19.3. The number of benzene rings is 1. The summed E-state index contributed by atoms with van der Waals surface area (Å²) in [6.45, 7) is 11.3. The molecule has 3 fully saturated rings. The van der Waals surface area contributed by atoms with Crippen molar-refractivity contribution in [3.8, 4) is 11.1 Å². The van der Waals surface area contributed by atoms with Crippen LogP contribution in [-0.2, 0) is 21.5 Å². The maximum atomic E-state index is 12.4. The standard InChI is InChI=1S/C24H23N5O3/c1-13(30)27-12-21-20-8-16-7-14(3-5-19(16)29(20)23(31)32-21)15-4-6-22(28-9-15)24(25-2)17-10-26-11-18(17)24/h3-7,9,17-18,20-21,26H,8,10-12H2,1H3,(H,27,30)/t17-,18+,20-,21-,24?/m0/s1. The zero-order chi connectivity index (χ0) is 22.0. The number of aromatic nitrogens is 1. The second-order valence-electron chi connectivity index (χ2n) is 9.08. The molecule has 2 saturated heterocycles. The second-order valence-corrected chi connectivity index (χ2v) is 9.08. The van der Waals surface area contributed by atoms with Gasteiger partial charge in [0.2, 0.25) is 5.91 Å². The lowest BCUT2D eigenvalue weighted by Crippen LogP contribution is -2.40. The van der Waals surface area contributed by atoms with Crippen molar-refractivity contribution in [2.75, 3.05) is 24.5 Å². The first-order chi connectivity index (χ1) is 15.5. The molecule has 1 aromatic heterocycles. The Kier molecular flexibility index (Phi) is 4.08. The van der Waals surface area contributed by atoms with Crippen LogP contribution < -0.4 is 15.5 Å². The van der Waals surface area contributed by atoms with Gasteiger partial charge in [-0.2, -0.15) is 0 Å². The molecule has 2 aromatic rings. The number of fused-ring (bicyclic) bond motifs is 4. The highest BCUT2D eigenvalue weighted by Crippen LogP contribution is 2.62. The molecule has 0 bridgehead atoms. The lowest BCUT2D eigenvalue weighted by molar-refractivity contribution is -0.119. The van der Waals surface area contributed by atoms with E-state index in [2.05, 4.69) is 21.5 Å². The smallest absolute Gasteiger partial charge is 0.415 e. The van der Waals surface area contributed by atoms with E-state index >= 15 is 0 Å².